The summed E-state index contributed by atoms with van der Waals surface area (Å²) < 4.78 is 32.3. The summed E-state index contributed by atoms with van der Waals surface area (Å²) in [6.45, 7) is 6.49. The summed E-state index contributed by atoms with van der Waals surface area (Å²) in [5.74, 6) is -1.37. The molecule has 0 unspecified atom stereocenters. The first-order valence-electron chi connectivity index (χ1n) is 9.96. The maximum absolute atomic E-state index is 13.4. The molecule has 7 nitrogen and oxygen atoms in total. The Kier molecular flexibility index (Phi) is 6.78. The lowest BCUT2D eigenvalue weighted by atomic mass is 10.0. The molecule has 0 atom stereocenters. The largest absolute Gasteiger partial charge is 0.444 e. The Morgan fingerprint density at radius 2 is 1.81 bits per heavy atom. The summed E-state index contributed by atoms with van der Waals surface area (Å²) in [6, 6.07) is 2.85. The molecule has 2 aromatic rings. The molecule has 1 N–H and O–H groups in total. The molecule has 1 aromatic heterocycles. The minimum atomic E-state index is -0.687. The number of rotatable bonds is 3. The van der Waals surface area contributed by atoms with Gasteiger partial charge < -0.3 is 14.5 Å². The molecule has 168 valence electrons. The van der Waals surface area contributed by atoms with Gasteiger partial charge in [0.25, 0.3) is 0 Å². The highest BCUT2D eigenvalue weighted by Crippen LogP contribution is 2.30. The number of amides is 3. The molecule has 1 fully saturated rings. The Bertz CT molecular complexity index is 932. The van der Waals surface area contributed by atoms with E-state index in [0.29, 0.717) is 41.5 Å². The van der Waals surface area contributed by atoms with Crippen LogP contribution in [0.5, 0.6) is 0 Å². The van der Waals surface area contributed by atoms with Crippen molar-refractivity contribution in [1.29, 1.82) is 0 Å². The predicted octanol–water partition coefficient (Wildman–Crippen LogP) is 4.95. The molecule has 0 radical (unpaired) electrons. The smallest absolute Gasteiger partial charge is 0.410 e. The second-order valence-electron chi connectivity index (χ2n) is 8.43. The van der Waals surface area contributed by atoms with Gasteiger partial charge in [-0.05, 0) is 45.7 Å². The van der Waals surface area contributed by atoms with E-state index in [0.717, 1.165) is 17.4 Å². The topological polar surface area (TPSA) is 74.8 Å². The third-order valence-corrected chi connectivity index (χ3v) is 5.79. The molecular weight excluding hydrogens is 426 g/mol. The second kappa shape index (κ2) is 9.17. The van der Waals surface area contributed by atoms with Crippen LogP contribution in [-0.4, -0.2) is 58.7 Å². The van der Waals surface area contributed by atoms with Crippen LogP contribution in [0.2, 0.25) is 0 Å². The summed E-state index contributed by atoms with van der Waals surface area (Å²) in [5.41, 5.74) is -0.235. The third kappa shape index (κ3) is 6.13. The standard InChI is InChI=1S/C21H26F2N4O3S/c1-21(2,3)30-20(29)27-7-5-16(6-8-27)26(4)19(28)25-17-12-24-18(31-17)13-9-14(22)11-15(23)10-13/h9-12,16H,5-8H2,1-4H3,(H,25,28). The van der Waals surface area contributed by atoms with Crippen molar-refractivity contribution in [1.82, 2.24) is 14.8 Å². The maximum atomic E-state index is 13.4. The normalized spacial score (nSPS) is 15.0. The summed E-state index contributed by atoms with van der Waals surface area (Å²) >= 11 is 1.13. The van der Waals surface area contributed by atoms with Gasteiger partial charge in [0.1, 0.15) is 27.2 Å². The Labute approximate surface area is 184 Å². The van der Waals surface area contributed by atoms with E-state index in [1.807, 2.05) is 20.8 Å². The minimum absolute atomic E-state index is 0.0246. The quantitative estimate of drug-likeness (QED) is 0.715. The molecule has 31 heavy (non-hydrogen) atoms. The molecule has 10 heteroatoms. The van der Waals surface area contributed by atoms with E-state index >= 15 is 0 Å². The van der Waals surface area contributed by atoms with Crippen LogP contribution in [-0.2, 0) is 4.74 Å². The number of hydrogen-bond acceptors (Lipinski definition) is 5. The number of thiazole rings is 1. The van der Waals surface area contributed by atoms with Gasteiger partial charge in [0.15, 0.2) is 0 Å². The molecule has 3 rings (SSSR count). The number of piperidine rings is 1. The number of carbonyl (C=O) groups excluding carboxylic acids is 2. The summed E-state index contributed by atoms with van der Waals surface area (Å²) in [6.07, 6.45) is 2.39. The van der Waals surface area contributed by atoms with Crippen molar-refractivity contribution < 1.29 is 23.1 Å². The molecule has 0 saturated carbocycles. The van der Waals surface area contributed by atoms with Gasteiger partial charge in [-0.25, -0.2) is 23.4 Å². The van der Waals surface area contributed by atoms with Gasteiger partial charge in [-0.3, -0.25) is 5.32 Å². The number of ether oxygens (including phenoxy) is 1. The van der Waals surface area contributed by atoms with Crippen molar-refractivity contribution in [3.8, 4) is 10.6 Å². The lowest BCUT2D eigenvalue weighted by molar-refractivity contribution is 0.0174. The van der Waals surface area contributed by atoms with E-state index in [9.17, 15) is 18.4 Å². The maximum Gasteiger partial charge on any atom is 0.410 e. The van der Waals surface area contributed by atoms with Crippen LogP contribution < -0.4 is 5.32 Å². The van der Waals surface area contributed by atoms with Gasteiger partial charge in [-0.2, -0.15) is 0 Å². The molecule has 1 aliphatic heterocycles. The van der Waals surface area contributed by atoms with Crippen LogP contribution in [0.3, 0.4) is 0 Å². The zero-order valence-electron chi connectivity index (χ0n) is 17.9. The summed E-state index contributed by atoms with van der Waals surface area (Å²) in [4.78, 5) is 32.2. The fourth-order valence-corrected chi connectivity index (χ4v) is 4.06. The van der Waals surface area contributed by atoms with Crippen LogP contribution in [0.15, 0.2) is 24.4 Å². The predicted molar refractivity (Wildman–Crippen MR) is 115 cm³/mol. The van der Waals surface area contributed by atoms with Crippen LogP contribution in [0.1, 0.15) is 33.6 Å². The Morgan fingerprint density at radius 3 is 2.39 bits per heavy atom. The average Bonchev–Trinajstić information content (AvgIpc) is 3.14. The number of carbonyl (C=O) groups is 2. The molecule has 1 aromatic carbocycles. The van der Waals surface area contributed by atoms with Crippen molar-refractivity contribution in [3.63, 3.8) is 0 Å². The first kappa shape index (κ1) is 22.9. The number of nitrogens with one attached hydrogen (secondary N) is 1. The van der Waals surface area contributed by atoms with Crippen molar-refractivity contribution in [2.24, 2.45) is 0 Å². The molecule has 1 saturated heterocycles. The number of aromatic nitrogens is 1. The summed E-state index contributed by atoms with van der Waals surface area (Å²) in [5, 5.41) is 3.65. The second-order valence-corrected chi connectivity index (χ2v) is 9.46. The van der Waals surface area contributed by atoms with E-state index in [2.05, 4.69) is 10.3 Å². The lowest BCUT2D eigenvalue weighted by Crippen LogP contribution is -2.49. The van der Waals surface area contributed by atoms with Gasteiger partial charge in [0, 0.05) is 37.8 Å². The van der Waals surface area contributed by atoms with E-state index in [1.54, 1.807) is 16.8 Å². The Hall–Kier alpha value is -2.75. The molecule has 0 spiro atoms. The third-order valence-electron chi connectivity index (χ3n) is 4.83. The Morgan fingerprint density at radius 1 is 1.19 bits per heavy atom. The van der Waals surface area contributed by atoms with Crippen molar-refractivity contribution >= 4 is 28.5 Å². The van der Waals surface area contributed by atoms with Crippen LogP contribution in [0, 0.1) is 11.6 Å². The van der Waals surface area contributed by atoms with Crippen molar-refractivity contribution in [2.45, 2.75) is 45.3 Å². The van der Waals surface area contributed by atoms with E-state index < -0.39 is 17.2 Å². The molecular formula is C21H26F2N4O3S. The SMILES string of the molecule is CN(C(=O)Nc1cnc(-c2cc(F)cc(F)c2)s1)C1CCN(C(=O)OC(C)(C)C)CC1. The van der Waals surface area contributed by atoms with Gasteiger partial charge in [-0.1, -0.05) is 11.3 Å². The number of urea groups is 1. The number of hydrogen-bond donors (Lipinski definition) is 1. The number of nitrogens with zero attached hydrogens (tertiary/aromatic N) is 3. The highest BCUT2D eigenvalue weighted by atomic mass is 32.1. The first-order valence-corrected chi connectivity index (χ1v) is 10.8. The molecule has 3 amide bonds. The van der Waals surface area contributed by atoms with Crippen molar-refractivity contribution in [2.75, 3.05) is 25.5 Å². The van der Waals surface area contributed by atoms with Crippen LogP contribution >= 0.6 is 11.3 Å². The zero-order valence-corrected chi connectivity index (χ0v) is 18.8. The highest BCUT2D eigenvalue weighted by molar-refractivity contribution is 7.19. The fourth-order valence-electron chi connectivity index (χ4n) is 3.26. The fraction of sp³-hybridized carbons (Fsp3) is 0.476. The average molecular weight is 453 g/mol. The molecule has 1 aliphatic rings. The number of benzene rings is 1. The highest BCUT2D eigenvalue weighted by Gasteiger charge is 2.30. The van der Waals surface area contributed by atoms with Gasteiger partial charge >= 0.3 is 12.1 Å². The van der Waals surface area contributed by atoms with E-state index in [4.69, 9.17) is 4.74 Å². The van der Waals surface area contributed by atoms with Crippen LogP contribution in [0.25, 0.3) is 10.6 Å². The molecule has 2 heterocycles. The minimum Gasteiger partial charge on any atom is -0.444 e. The Balaban J connectivity index is 1.55. The summed E-state index contributed by atoms with van der Waals surface area (Å²) in [7, 11) is 1.70. The van der Waals surface area contributed by atoms with Gasteiger partial charge in [0.05, 0.1) is 6.20 Å². The number of anilines is 1. The number of halogens is 2. The first-order chi connectivity index (χ1) is 14.5. The molecule has 0 bridgehead atoms. The molecule has 0 aliphatic carbocycles. The van der Waals surface area contributed by atoms with Gasteiger partial charge in [0.2, 0.25) is 0 Å². The van der Waals surface area contributed by atoms with Gasteiger partial charge in [-0.15, -0.1) is 0 Å². The van der Waals surface area contributed by atoms with E-state index in [1.165, 1.54) is 18.3 Å². The monoisotopic (exact) mass is 452 g/mol. The van der Waals surface area contributed by atoms with Crippen LogP contribution in [0.4, 0.5) is 23.4 Å². The van der Waals surface area contributed by atoms with E-state index in [-0.39, 0.29) is 18.2 Å². The zero-order chi connectivity index (χ0) is 22.8. The van der Waals surface area contributed by atoms with Crippen molar-refractivity contribution in [3.05, 3.63) is 36.0 Å². The lowest BCUT2D eigenvalue weighted by Gasteiger charge is -2.37. The number of likely N-dealkylation sites (tertiary alicyclic amines) is 1.